The van der Waals surface area contributed by atoms with Crippen molar-refractivity contribution in [3.8, 4) is 0 Å². The highest BCUT2D eigenvalue weighted by Crippen LogP contribution is 2.30. The second-order valence-electron chi connectivity index (χ2n) is 10.2. The molecule has 0 saturated carbocycles. The number of benzene rings is 4. The van der Waals surface area contributed by atoms with E-state index in [4.69, 9.17) is 0 Å². The summed E-state index contributed by atoms with van der Waals surface area (Å²) in [5.41, 5.74) is 2.65. The van der Waals surface area contributed by atoms with Gasteiger partial charge in [-0.25, -0.2) is 12.7 Å². The fourth-order valence-electron chi connectivity index (χ4n) is 5.56. The van der Waals surface area contributed by atoms with Crippen molar-refractivity contribution in [2.24, 2.45) is 0 Å². The highest BCUT2D eigenvalue weighted by molar-refractivity contribution is 7.89. The largest absolute Gasteiger partial charge is 0.303 e. The van der Waals surface area contributed by atoms with Gasteiger partial charge in [-0.05, 0) is 84.8 Å². The Labute approximate surface area is 221 Å². The summed E-state index contributed by atoms with van der Waals surface area (Å²) < 4.78 is 28.1. The molecule has 1 heterocycles. The minimum absolute atomic E-state index is 0.111. The van der Waals surface area contributed by atoms with Gasteiger partial charge in [-0.3, -0.25) is 0 Å². The minimum atomic E-state index is -3.55. The van der Waals surface area contributed by atoms with Crippen LogP contribution in [0.2, 0.25) is 0 Å². The number of sulfonamides is 1. The number of piperidine rings is 1. The maximum atomic E-state index is 13.3. The van der Waals surface area contributed by atoms with E-state index in [1.54, 1.807) is 31.3 Å². The molecule has 37 heavy (non-hydrogen) atoms. The summed E-state index contributed by atoms with van der Waals surface area (Å²) in [6.45, 7) is 3.60. The molecule has 4 nitrogen and oxygen atoms in total. The maximum absolute atomic E-state index is 13.3. The summed E-state index contributed by atoms with van der Waals surface area (Å²) in [7, 11) is -1.84. The van der Waals surface area contributed by atoms with E-state index in [1.807, 2.05) is 6.07 Å². The predicted octanol–water partition coefficient (Wildman–Crippen LogP) is 6.51. The van der Waals surface area contributed by atoms with Crippen LogP contribution in [0.1, 0.15) is 42.2 Å². The van der Waals surface area contributed by atoms with Gasteiger partial charge in [-0.15, -0.1) is 0 Å². The van der Waals surface area contributed by atoms with Gasteiger partial charge < -0.3 is 4.90 Å². The molecule has 4 aromatic carbocycles. The molecule has 1 fully saturated rings. The minimum Gasteiger partial charge on any atom is -0.303 e. The summed E-state index contributed by atoms with van der Waals surface area (Å²) in [6.07, 6.45) is 3.27. The zero-order chi connectivity index (χ0) is 25.7. The number of likely N-dealkylation sites (tertiary alicyclic amines) is 1. The summed E-state index contributed by atoms with van der Waals surface area (Å²) >= 11 is 0. The Bertz CT molecular complexity index is 1400. The van der Waals surface area contributed by atoms with Crippen LogP contribution in [0.25, 0.3) is 10.8 Å². The van der Waals surface area contributed by atoms with Crippen LogP contribution in [0.4, 0.5) is 0 Å². The first-order valence-corrected chi connectivity index (χ1v) is 14.7. The standard InChI is InChI=1S/C32H36N2O2S/c1-33(37(35,36)32-14-6-3-7-15-32)25-31(30-17-16-27-12-8-9-13-29(27)24-30)20-23-34-21-18-28(19-22-34)26-10-4-2-5-11-26/h2-17,24,28,31H,18-23,25H2,1H3/t31-/m0/s1. The Hall–Kier alpha value is -2.99. The van der Waals surface area contributed by atoms with Crippen LogP contribution < -0.4 is 0 Å². The lowest BCUT2D eigenvalue weighted by molar-refractivity contribution is 0.203. The number of fused-ring (bicyclic) bond motifs is 1. The van der Waals surface area contributed by atoms with E-state index >= 15 is 0 Å². The van der Waals surface area contributed by atoms with Gasteiger partial charge in [0.15, 0.2) is 0 Å². The van der Waals surface area contributed by atoms with E-state index in [1.165, 1.54) is 39.0 Å². The van der Waals surface area contributed by atoms with Crippen molar-refractivity contribution in [1.29, 1.82) is 0 Å². The van der Waals surface area contributed by atoms with Crippen molar-refractivity contribution in [3.63, 3.8) is 0 Å². The molecular weight excluding hydrogens is 476 g/mol. The van der Waals surface area contributed by atoms with Crippen molar-refractivity contribution in [1.82, 2.24) is 9.21 Å². The second-order valence-corrected chi connectivity index (χ2v) is 12.3. The second kappa shape index (κ2) is 11.6. The van der Waals surface area contributed by atoms with Crippen molar-refractivity contribution < 1.29 is 8.42 Å². The molecule has 0 radical (unpaired) electrons. The van der Waals surface area contributed by atoms with Crippen LogP contribution in [0.3, 0.4) is 0 Å². The molecule has 0 unspecified atom stereocenters. The molecule has 5 heteroatoms. The van der Waals surface area contributed by atoms with E-state index < -0.39 is 10.0 Å². The molecule has 1 aliphatic rings. The normalized spacial score (nSPS) is 16.3. The van der Waals surface area contributed by atoms with Gasteiger partial charge in [0.1, 0.15) is 0 Å². The zero-order valence-corrected chi connectivity index (χ0v) is 22.4. The van der Waals surface area contributed by atoms with E-state index in [9.17, 15) is 8.42 Å². The van der Waals surface area contributed by atoms with Crippen LogP contribution in [0.15, 0.2) is 108 Å². The SMILES string of the molecule is CN(C[C@H](CCN1CCC(c2ccccc2)CC1)c1ccc2ccccc2c1)S(=O)(=O)c1ccccc1. The lowest BCUT2D eigenvalue weighted by Gasteiger charge is -2.33. The van der Waals surface area contributed by atoms with Crippen LogP contribution in [-0.4, -0.2) is 50.8 Å². The van der Waals surface area contributed by atoms with Gasteiger partial charge >= 0.3 is 0 Å². The molecular formula is C32H36N2O2S. The van der Waals surface area contributed by atoms with Crippen LogP contribution in [0.5, 0.6) is 0 Å². The average Bonchev–Trinajstić information content (AvgIpc) is 2.96. The first-order chi connectivity index (χ1) is 18.0. The lowest BCUT2D eigenvalue weighted by Crippen LogP contribution is -2.36. The smallest absolute Gasteiger partial charge is 0.242 e. The van der Waals surface area contributed by atoms with Crippen molar-refractivity contribution in [2.75, 3.05) is 33.2 Å². The van der Waals surface area contributed by atoms with E-state index in [0.29, 0.717) is 17.4 Å². The van der Waals surface area contributed by atoms with Crippen LogP contribution in [-0.2, 0) is 10.0 Å². The Balaban J connectivity index is 1.31. The van der Waals surface area contributed by atoms with Gasteiger partial charge in [0.2, 0.25) is 10.0 Å². The van der Waals surface area contributed by atoms with Gasteiger partial charge in [-0.1, -0.05) is 91.0 Å². The average molecular weight is 513 g/mol. The monoisotopic (exact) mass is 512 g/mol. The number of hydrogen-bond donors (Lipinski definition) is 0. The van der Waals surface area contributed by atoms with Gasteiger partial charge in [0, 0.05) is 13.6 Å². The molecule has 0 aromatic heterocycles. The predicted molar refractivity (Wildman–Crippen MR) is 152 cm³/mol. The molecule has 4 aromatic rings. The van der Waals surface area contributed by atoms with Crippen LogP contribution >= 0.6 is 0 Å². The first-order valence-electron chi connectivity index (χ1n) is 13.3. The third-order valence-electron chi connectivity index (χ3n) is 7.83. The molecule has 1 aliphatic heterocycles. The molecule has 1 atom stereocenters. The van der Waals surface area contributed by atoms with Crippen molar-refractivity contribution in [3.05, 3.63) is 114 Å². The summed E-state index contributed by atoms with van der Waals surface area (Å²) in [5, 5.41) is 2.40. The molecule has 5 rings (SSSR count). The molecule has 192 valence electrons. The summed E-state index contributed by atoms with van der Waals surface area (Å²) in [6, 6.07) is 34.6. The Morgan fingerprint density at radius 2 is 1.43 bits per heavy atom. The zero-order valence-electron chi connectivity index (χ0n) is 21.5. The Morgan fingerprint density at radius 1 is 0.811 bits per heavy atom. The molecule has 1 saturated heterocycles. The number of nitrogens with zero attached hydrogens (tertiary/aromatic N) is 2. The van der Waals surface area contributed by atoms with Crippen molar-refractivity contribution in [2.45, 2.75) is 36.0 Å². The molecule has 0 bridgehead atoms. The summed E-state index contributed by atoms with van der Waals surface area (Å²) in [5.74, 6) is 0.746. The third-order valence-corrected chi connectivity index (χ3v) is 9.66. The number of likely N-dealkylation sites (N-methyl/N-ethyl adjacent to an activating group) is 1. The number of hydrogen-bond acceptors (Lipinski definition) is 3. The topological polar surface area (TPSA) is 40.6 Å². The Kier molecular flexibility index (Phi) is 8.04. The quantitative estimate of drug-likeness (QED) is 0.257. The molecule has 0 N–H and O–H groups in total. The van der Waals surface area contributed by atoms with E-state index in [0.717, 1.165) is 26.1 Å². The molecule has 0 amide bonds. The maximum Gasteiger partial charge on any atom is 0.242 e. The molecule has 0 aliphatic carbocycles. The highest BCUT2D eigenvalue weighted by atomic mass is 32.2. The molecule has 0 spiro atoms. The third kappa shape index (κ3) is 6.12. The van der Waals surface area contributed by atoms with Crippen molar-refractivity contribution >= 4 is 20.8 Å². The Morgan fingerprint density at radius 3 is 2.14 bits per heavy atom. The van der Waals surface area contributed by atoms with E-state index in [2.05, 4.69) is 77.7 Å². The van der Waals surface area contributed by atoms with E-state index in [-0.39, 0.29) is 5.92 Å². The van der Waals surface area contributed by atoms with Gasteiger partial charge in [0.25, 0.3) is 0 Å². The fourth-order valence-corrected chi connectivity index (χ4v) is 6.80. The van der Waals surface area contributed by atoms with Crippen LogP contribution in [0, 0.1) is 0 Å². The van der Waals surface area contributed by atoms with Gasteiger partial charge in [-0.2, -0.15) is 0 Å². The summed E-state index contributed by atoms with van der Waals surface area (Å²) in [4.78, 5) is 2.90. The highest BCUT2D eigenvalue weighted by Gasteiger charge is 2.26. The van der Waals surface area contributed by atoms with Gasteiger partial charge in [0.05, 0.1) is 4.90 Å². The fraction of sp³-hybridized carbons (Fsp3) is 0.312. The first kappa shape index (κ1) is 25.7. The lowest BCUT2D eigenvalue weighted by atomic mass is 9.89. The number of rotatable bonds is 9.